The van der Waals surface area contributed by atoms with Gasteiger partial charge in [0.05, 0.1) is 19.2 Å². The minimum Gasteiger partial charge on any atom is -0.496 e. The first-order valence-corrected chi connectivity index (χ1v) is 5.57. The van der Waals surface area contributed by atoms with Crippen LogP contribution in [-0.2, 0) is 6.54 Å². The van der Waals surface area contributed by atoms with Gasteiger partial charge in [0.1, 0.15) is 5.75 Å². The lowest BCUT2D eigenvalue weighted by molar-refractivity contribution is -0.0511. The van der Waals surface area contributed by atoms with Gasteiger partial charge in [0.15, 0.2) is 6.29 Å². The maximum Gasteiger partial charge on any atom is 0.254 e. The number of aromatic nitrogens is 1. The second-order valence-electron chi connectivity index (χ2n) is 4.16. The number of aryl methyl sites for hydroxylation is 1. The average Bonchev–Trinajstić information content (AvgIpc) is 2.32. The summed E-state index contributed by atoms with van der Waals surface area (Å²) in [4.78, 5) is 11.9. The second kappa shape index (κ2) is 4.80. The molecule has 0 saturated heterocycles. The summed E-state index contributed by atoms with van der Waals surface area (Å²) in [6, 6.07) is 6.93. The van der Waals surface area contributed by atoms with E-state index in [0.29, 0.717) is 11.3 Å². The van der Waals surface area contributed by atoms with Gasteiger partial charge in [0.2, 0.25) is 0 Å². The zero-order valence-electron chi connectivity index (χ0n) is 10.3. The van der Waals surface area contributed by atoms with E-state index >= 15 is 0 Å². The molecule has 0 bridgehead atoms. The van der Waals surface area contributed by atoms with Crippen LogP contribution in [0.3, 0.4) is 0 Å². The molecule has 18 heavy (non-hydrogen) atoms. The van der Waals surface area contributed by atoms with Gasteiger partial charge in [-0.25, -0.2) is 0 Å². The predicted molar refractivity (Wildman–Crippen MR) is 67.7 cm³/mol. The molecule has 0 atom stereocenters. The first-order valence-electron chi connectivity index (χ1n) is 5.57. The molecule has 0 aliphatic rings. The average molecular weight is 249 g/mol. The number of hydrogen-bond acceptors (Lipinski definition) is 4. The molecule has 0 aliphatic carbocycles. The molecule has 5 nitrogen and oxygen atoms in total. The molecule has 1 aromatic carbocycles. The maximum absolute atomic E-state index is 11.9. The fourth-order valence-corrected chi connectivity index (χ4v) is 1.98. The van der Waals surface area contributed by atoms with Crippen LogP contribution in [0.1, 0.15) is 5.56 Å². The molecule has 2 rings (SSSR count). The normalized spacial score (nSPS) is 11.2. The van der Waals surface area contributed by atoms with Crippen molar-refractivity contribution < 1.29 is 14.9 Å². The Kier molecular flexibility index (Phi) is 3.36. The van der Waals surface area contributed by atoms with E-state index < -0.39 is 6.29 Å². The molecular weight excluding hydrogens is 234 g/mol. The van der Waals surface area contributed by atoms with Crippen molar-refractivity contribution >= 4 is 10.9 Å². The number of nitrogens with zero attached hydrogens (tertiary/aromatic N) is 1. The molecule has 96 valence electrons. The van der Waals surface area contributed by atoms with Crippen molar-refractivity contribution in [3.63, 3.8) is 0 Å². The van der Waals surface area contributed by atoms with Gasteiger partial charge in [0.25, 0.3) is 5.56 Å². The fourth-order valence-electron chi connectivity index (χ4n) is 1.98. The zero-order chi connectivity index (χ0) is 13.3. The van der Waals surface area contributed by atoms with Crippen molar-refractivity contribution in [2.45, 2.75) is 19.8 Å². The zero-order valence-corrected chi connectivity index (χ0v) is 10.3. The van der Waals surface area contributed by atoms with Crippen molar-refractivity contribution in [2.24, 2.45) is 0 Å². The molecule has 0 spiro atoms. The molecule has 0 amide bonds. The third-order valence-corrected chi connectivity index (χ3v) is 2.80. The van der Waals surface area contributed by atoms with Crippen LogP contribution in [0.4, 0.5) is 0 Å². The van der Waals surface area contributed by atoms with Gasteiger partial charge in [-0.05, 0) is 24.6 Å². The van der Waals surface area contributed by atoms with E-state index in [9.17, 15) is 4.79 Å². The number of aliphatic hydroxyl groups excluding tert-OH is 1. The third kappa shape index (κ3) is 2.23. The van der Waals surface area contributed by atoms with Gasteiger partial charge in [-0.2, -0.15) is 0 Å². The molecular formula is C13H15NO4. The fraction of sp³-hybridized carbons (Fsp3) is 0.308. The van der Waals surface area contributed by atoms with E-state index in [1.165, 1.54) is 17.7 Å². The number of ether oxygens (including phenoxy) is 1. The van der Waals surface area contributed by atoms with Crippen LogP contribution in [0.5, 0.6) is 5.75 Å². The number of rotatable bonds is 3. The van der Waals surface area contributed by atoms with Crippen LogP contribution in [-0.4, -0.2) is 28.2 Å². The summed E-state index contributed by atoms with van der Waals surface area (Å²) >= 11 is 0. The van der Waals surface area contributed by atoms with Crippen molar-refractivity contribution in [3.8, 4) is 5.75 Å². The molecule has 0 radical (unpaired) electrons. The van der Waals surface area contributed by atoms with Gasteiger partial charge in [-0.15, -0.1) is 0 Å². The summed E-state index contributed by atoms with van der Waals surface area (Å²) in [7, 11) is 1.50. The summed E-state index contributed by atoms with van der Waals surface area (Å²) in [6.45, 7) is 1.74. The highest BCUT2D eigenvalue weighted by atomic mass is 16.5. The van der Waals surface area contributed by atoms with Crippen LogP contribution >= 0.6 is 0 Å². The van der Waals surface area contributed by atoms with Gasteiger partial charge >= 0.3 is 0 Å². The SMILES string of the molecule is COc1cc(=O)n(CC(O)O)c2cc(C)ccc12. The molecule has 0 saturated carbocycles. The quantitative estimate of drug-likeness (QED) is 0.783. The third-order valence-electron chi connectivity index (χ3n) is 2.80. The van der Waals surface area contributed by atoms with E-state index in [1.807, 2.05) is 25.1 Å². The first-order chi connectivity index (χ1) is 8.52. The van der Waals surface area contributed by atoms with Crippen LogP contribution in [0.15, 0.2) is 29.1 Å². The van der Waals surface area contributed by atoms with E-state index in [4.69, 9.17) is 14.9 Å². The van der Waals surface area contributed by atoms with Crippen molar-refractivity contribution in [1.82, 2.24) is 4.57 Å². The maximum atomic E-state index is 11.9. The summed E-state index contributed by atoms with van der Waals surface area (Å²) in [5.74, 6) is 0.485. The lowest BCUT2D eigenvalue weighted by Crippen LogP contribution is -2.26. The number of benzene rings is 1. The summed E-state index contributed by atoms with van der Waals surface area (Å²) in [6.07, 6.45) is -1.57. The molecule has 0 fully saturated rings. The number of fused-ring (bicyclic) bond motifs is 1. The summed E-state index contributed by atoms with van der Waals surface area (Å²) in [5, 5.41) is 18.9. The Balaban J connectivity index is 2.80. The predicted octanol–water partition coefficient (Wildman–Crippen LogP) is 0.629. The molecule has 0 aliphatic heterocycles. The monoisotopic (exact) mass is 249 g/mol. The standard InChI is InChI=1S/C13H15NO4/c1-8-3-4-9-10(5-8)14(7-13(16)17)12(15)6-11(9)18-2/h3-6,13,16-17H,7H2,1-2H3. The van der Waals surface area contributed by atoms with Crippen LogP contribution in [0, 0.1) is 6.92 Å². The van der Waals surface area contributed by atoms with Gasteiger partial charge in [-0.1, -0.05) is 6.07 Å². The minimum absolute atomic E-state index is 0.164. The molecule has 5 heteroatoms. The highest BCUT2D eigenvalue weighted by Crippen LogP contribution is 2.24. The lowest BCUT2D eigenvalue weighted by atomic mass is 10.1. The Morgan fingerprint density at radius 2 is 2.06 bits per heavy atom. The molecule has 2 N–H and O–H groups in total. The highest BCUT2D eigenvalue weighted by molar-refractivity contribution is 5.85. The Morgan fingerprint density at radius 1 is 1.33 bits per heavy atom. The largest absolute Gasteiger partial charge is 0.496 e. The lowest BCUT2D eigenvalue weighted by Gasteiger charge is -2.14. The Bertz CT molecular complexity index is 631. The van der Waals surface area contributed by atoms with E-state index in [1.54, 1.807) is 0 Å². The van der Waals surface area contributed by atoms with Crippen molar-refractivity contribution in [3.05, 3.63) is 40.2 Å². The summed E-state index contributed by atoms with van der Waals surface area (Å²) in [5.41, 5.74) is 1.29. The Morgan fingerprint density at radius 3 is 2.67 bits per heavy atom. The Labute approximate surface area is 104 Å². The van der Waals surface area contributed by atoms with E-state index in [-0.39, 0.29) is 12.1 Å². The topological polar surface area (TPSA) is 71.7 Å². The number of hydrogen-bond donors (Lipinski definition) is 2. The van der Waals surface area contributed by atoms with Gasteiger partial charge in [-0.3, -0.25) is 4.79 Å². The van der Waals surface area contributed by atoms with Gasteiger partial charge in [0, 0.05) is 11.5 Å². The molecule has 1 heterocycles. The smallest absolute Gasteiger partial charge is 0.254 e. The van der Waals surface area contributed by atoms with E-state index in [0.717, 1.165) is 10.9 Å². The molecule has 1 aromatic heterocycles. The van der Waals surface area contributed by atoms with Crippen molar-refractivity contribution in [2.75, 3.05) is 7.11 Å². The van der Waals surface area contributed by atoms with Crippen LogP contribution < -0.4 is 10.3 Å². The number of aliphatic hydroxyl groups is 2. The second-order valence-corrected chi connectivity index (χ2v) is 4.16. The summed E-state index contributed by atoms with van der Waals surface area (Å²) < 4.78 is 6.50. The Hall–Kier alpha value is -1.85. The van der Waals surface area contributed by atoms with E-state index in [2.05, 4.69) is 0 Å². The first kappa shape index (κ1) is 12.6. The van der Waals surface area contributed by atoms with Gasteiger partial charge < -0.3 is 19.5 Å². The number of pyridine rings is 1. The van der Waals surface area contributed by atoms with Crippen LogP contribution in [0.25, 0.3) is 10.9 Å². The van der Waals surface area contributed by atoms with Crippen molar-refractivity contribution in [1.29, 1.82) is 0 Å². The highest BCUT2D eigenvalue weighted by Gasteiger charge is 2.11. The van der Waals surface area contributed by atoms with Crippen LogP contribution in [0.2, 0.25) is 0 Å². The molecule has 0 unspecified atom stereocenters. The minimum atomic E-state index is -1.57. The molecule has 2 aromatic rings. The number of methoxy groups -OCH3 is 1.